The van der Waals surface area contributed by atoms with Gasteiger partial charge in [-0.05, 0) is 36.0 Å². The van der Waals surface area contributed by atoms with Gasteiger partial charge in [0.1, 0.15) is 5.82 Å². The zero-order valence-electron chi connectivity index (χ0n) is 11.8. The Bertz CT molecular complexity index is 782. The maximum absolute atomic E-state index is 13.7. The summed E-state index contributed by atoms with van der Waals surface area (Å²) in [4.78, 5) is 25.8. The van der Waals surface area contributed by atoms with Gasteiger partial charge in [-0.1, -0.05) is 18.2 Å². The number of nitrogens with zero attached hydrogens (tertiary/aromatic N) is 2. The maximum Gasteiger partial charge on any atom is 0.293 e. The molecule has 1 aromatic heterocycles. The molecule has 1 aliphatic heterocycles. The number of halogens is 1. The van der Waals surface area contributed by atoms with E-state index in [0.717, 1.165) is 22.4 Å². The lowest BCUT2D eigenvalue weighted by Crippen LogP contribution is -2.27. The number of aryl methyl sites for hydroxylation is 1. The number of imide groups is 1. The number of thioether (sulfide) groups is 1. The lowest BCUT2D eigenvalue weighted by Gasteiger charge is -2.12. The molecular formula is C16H13FN2O2S. The van der Waals surface area contributed by atoms with Gasteiger partial charge in [-0.25, -0.2) is 4.39 Å². The van der Waals surface area contributed by atoms with Crippen molar-refractivity contribution in [1.29, 1.82) is 0 Å². The van der Waals surface area contributed by atoms with Crippen LogP contribution in [0.15, 0.2) is 47.5 Å². The molecule has 22 heavy (non-hydrogen) atoms. The topological polar surface area (TPSA) is 42.3 Å². The molecule has 112 valence electrons. The maximum atomic E-state index is 13.7. The van der Waals surface area contributed by atoms with Gasteiger partial charge in [0.2, 0.25) is 0 Å². The van der Waals surface area contributed by atoms with E-state index in [0.29, 0.717) is 10.5 Å². The van der Waals surface area contributed by atoms with E-state index >= 15 is 0 Å². The highest BCUT2D eigenvalue weighted by Gasteiger charge is 2.35. The minimum atomic E-state index is -0.423. The van der Waals surface area contributed by atoms with E-state index in [4.69, 9.17) is 0 Å². The highest BCUT2D eigenvalue weighted by Crippen LogP contribution is 2.33. The normalized spacial score (nSPS) is 16.8. The predicted octanol–water partition coefficient (Wildman–Crippen LogP) is 3.40. The summed E-state index contributed by atoms with van der Waals surface area (Å²) < 4.78 is 15.5. The largest absolute Gasteiger partial charge is 0.351 e. The second-order valence-electron chi connectivity index (χ2n) is 4.90. The number of amides is 2. The van der Waals surface area contributed by atoms with E-state index in [9.17, 15) is 14.0 Å². The number of carbonyl (C=O) groups is 2. The monoisotopic (exact) mass is 316 g/mol. The van der Waals surface area contributed by atoms with Crippen LogP contribution >= 0.6 is 11.8 Å². The Morgan fingerprint density at radius 2 is 1.95 bits per heavy atom. The Balaban J connectivity index is 1.85. The summed E-state index contributed by atoms with van der Waals surface area (Å²) >= 11 is 0.877. The van der Waals surface area contributed by atoms with Gasteiger partial charge in [-0.2, -0.15) is 0 Å². The van der Waals surface area contributed by atoms with Crippen LogP contribution in [-0.4, -0.2) is 20.6 Å². The number of carbonyl (C=O) groups excluding carboxylic acids is 2. The Hall–Kier alpha value is -2.34. The molecule has 0 N–H and O–H groups in total. The molecule has 3 rings (SSSR count). The fourth-order valence-electron chi connectivity index (χ4n) is 2.19. The average Bonchev–Trinajstić information content (AvgIpc) is 3.00. The first-order valence-electron chi connectivity index (χ1n) is 6.66. The van der Waals surface area contributed by atoms with Gasteiger partial charge in [0, 0.05) is 24.5 Å². The van der Waals surface area contributed by atoms with Crippen molar-refractivity contribution in [2.45, 2.75) is 6.54 Å². The number of aromatic nitrogens is 1. The van der Waals surface area contributed by atoms with Crippen molar-refractivity contribution in [3.63, 3.8) is 0 Å². The standard InChI is InChI=1S/C16H13FN2O2S/c1-18-8-4-6-12(18)9-14-15(20)19(16(21)22-14)10-11-5-2-3-7-13(11)17/h2-9H,10H2,1H3/b14-9-. The van der Waals surface area contributed by atoms with Crippen LogP contribution in [0.5, 0.6) is 0 Å². The van der Waals surface area contributed by atoms with Crippen molar-refractivity contribution >= 4 is 29.0 Å². The smallest absolute Gasteiger partial charge is 0.293 e. The van der Waals surface area contributed by atoms with Crippen molar-refractivity contribution in [2.24, 2.45) is 7.05 Å². The number of rotatable bonds is 3. The number of benzene rings is 1. The summed E-state index contributed by atoms with van der Waals surface area (Å²) in [6, 6.07) is 9.84. The van der Waals surface area contributed by atoms with Crippen LogP contribution in [0.3, 0.4) is 0 Å². The summed E-state index contributed by atoms with van der Waals surface area (Å²) in [6.07, 6.45) is 3.53. The molecule has 4 nitrogen and oxygen atoms in total. The Morgan fingerprint density at radius 1 is 1.18 bits per heavy atom. The molecule has 0 unspecified atom stereocenters. The van der Waals surface area contributed by atoms with Crippen LogP contribution in [0.25, 0.3) is 6.08 Å². The molecular weight excluding hydrogens is 303 g/mol. The molecule has 2 amide bonds. The third kappa shape index (κ3) is 2.69. The first-order chi connectivity index (χ1) is 10.6. The van der Waals surface area contributed by atoms with Gasteiger partial charge in [0.15, 0.2) is 0 Å². The lowest BCUT2D eigenvalue weighted by molar-refractivity contribution is -0.123. The van der Waals surface area contributed by atoms with E-state index in [2.05, 4.69) is 0 Å². The van der Waals surface area contributed by atoms with Crippen LogP contribution in [0.1, 0.15) is 11.3 Å². The Labute approximate surface area is 131 Å². The summed E-state index contributed by atoms with van der Waals surface area (Å²) in [5.74, 6) is -0.813. The molecule has 1 fully saturated rings. The summed E-state index contributed by atoms with van der Waals surface area (Å²) in [5.41, 5.74) is 1.15. The second-order valence-corrected chi connectivity index (χ2v) is 5.90. The minimum absolute atomic E-state index is 0.0538. The molecule has 0 radical (unpaired) electrons. The quantitative estimate of drug-likeness (QED) is 0.815. The van der Waals surface area contributed by atoms with E-state index < -0.39 is 5.82 Å². The molecule has 6 heteroatoms. The summed E-state index contributed by atoms with van der Waals surface area (Å²) in [6.45, 7) is -0.0538. The van der Waals surface area contributed by atoms with Gasteiger partial charge >= 0.3 is 0 Å². The third-order valence-electron chi connectivity index (χ3n) is 3.42. The first-order valence-corrected chi connectivity index (χ1v) is 7.48. The van der Waals surface area contributed by atoms with Crippen LogP contribution in [0.4, 0.5) is 9.18 Å². The Kier molecular flexibility index (Phi) is 3.85. The summed E-state index contributed by atoms with van der Waals surface area (Å²) in [5, 5.41) is -0.381. The van der Waals surface area contributed by atoms with Crippen molar-refractivity contribution in [2.75, 3.05) is 0 Å². The molecule has 2 aromatic rings. The molecule has 2 heterocycles. The highest BCUT2D eigenvalue weighted by molar-refractivity contribution is 8.18. The minimum Gasteiger partial charge on any atom is -0.351 e. The van der Waals surface area contributed by atoms with Crippen LogP contribution in [0, 0.1) is 5.82 Å². The second kappa shape index (κ2) is 5.81. The van der Waals surface area contributed by atoms with Gasteiger partial charge in [0.25, 0.3) is 11.1 Å². The molecule has 0 atom stereocenters. The third-order valence-corrected chi connectivity index (χ3v) is 4.33. The van der Waals surface area contributed by atoms with Gasteiger partial charge in [-0.3, -0.25) is 14.5 Å². The molecule has 1 aromatic carbocycles. The van der Waals surface area contributed by atoms with Crippen molar-refractivity contribution in [3.8, 4) is 0 Å². The summed E-state index contributed by atoms with van der Waals surface area (Å²) in [7, 11) is 1.86. The van der Waals surface area contributed by atoms with Gasteiger partial charge in [-0.15, -0.1) is 0 Å². The highest BCUT2D eigenvalue weighted by atomic mass is 32.2. The van der Waals surface area contributed by atoms with Crippen molar-refractivity contribution in [3.05, 3.63) is 64.6 Å². The molecule has 1 saturated heterocycles. The van der Waals surface area contributed by atoms with E-state index in [1.807, 2.05) is 29.9 Å². The fraction of sp³-hybridized carbons (Fsp3) is 0.125. The van der Waals surface area contributed by atoms with Gasteiger partial charge in [0.05, 0.1) is 11.4 Å². The first kappa shape index (κ1) is 14.6. The van der Waals surface area contributed by atoms with Crippen molar-refractivity contribution < 1.29 is 14.0 Å². The van der Waals surface area contributed by atoms with E-state index in [1.165, 1.54) is 6.07 Å². The SMILES string of the molecule is Cn1cccc1/C=C1\SC(=O)N(Cc2ccccc2F)C1=O. The van der Waals surface area contributed by atoms with Gasteiger partial charge < -0.3 is 4.57 Å². The zero-order chi connectivity index (χ0) is 15.7. The molecule has 0 spiro atoms. The number of hydrogen-bond donors (Lipinski definition) is 0. The Morgan fingerprint density at radius 3 is 2.64 bits per heavy atom. The molecule has 1 aliphatic rings. The lowest BCUT2D eigenvalue weighted by atomic mass is 10.2. The van der Waals surface area contributed by atoms with Crippen LogP contribution in [0.2, 0.25) is 0 Å². The average molecular weight is 316 g/mol. The molecule has 0 saturated carbocycles. The van der Waals surface area contributed by atoms with E-state index in [-0.39, 0.29) is 17.7 Å². The molecule has 0 aliphatic carbocycles. The zero-order valence-corrected chi connectivity index (χ0v) is 12.6. The predicted molar refractivity (Wildman–Crippen MR) is 83.3 cm³/mol. The number of hydrogen-bond acceptors (Lipinski definition) is 3. The molecule has 0 bridgehead atoms. The van der Waals surface area contributed by atoms with E-state index in [1.54, 1.807) is 24.3 Å². The van der Waals surface area contributed by atoms with Crippen LogP contribution in [-0.2, 0) is 18.4 Å². The van der Waals surface area contributed by atoms with Crippen molar-refractivity contribution in [1.82, 2.24) is 9.47 Å². The fourth-order valence-corrected chi connectivity index (χ4v) is 3.01. The van der Waals surface area contributed by atoms with Crippen LogP contribution < -0.4 is 0 Å².